The first-order valence-corrected chi connectivity index (χ1v) is 8.64. The molecule has 0 aliphatic heterocycles. The van der Waals surface area contributed by atoms with Gasteiger partial charge in [0.15, 0.2) is 0 Å². The monoisotopic (exact) mass is 373 g/mol. The summed E-state index contributed by atoms with van der Waals surface area (Å²) in [5, 5.41) is 11.3. The molecule has 0 aliphatic carbocycles. The van der Waals surface area contributed by atoms with Crippen LogP contribution < -0.4 is 10.4 Å². The average molecular weight is 374 g/mol. The quantitative estimate of drug-likeness (QED) is 0.662. The number of aryl methyl sites for hydroxylation is 1. The van der Waals surface area contributed by atoms with Crippen LogP contribution in [0.15, 0.2) is 51.7 Å². The van der Waals surface area contributed by atoms with Gasteiger partial charge < -0.3 is 14.3 Å². The minimum Gasteiger partial charge on any atom is -0.508 e. The first-order valence-electron chi connectivity index (χ1n) is 8.26. The summed E-state index contributed by atoms with van der Waals surface area (Å²) < 4.78 is 11.0. The Balaban J connectivity index is 1.70. The number of fused-ring (bicyclic) bond motifs is 1. The number of benzene rings is 2. The normalized spacial score (nSPS) is 11.2. The van der Waals surface area contributed by atoms with Crippen LogP contribution in [0.2, 0.25) is 5.02 Å². The molecule has 0 atom stereocenters. The number of hydrogen-bond acceptors (Lipinski definition) is 5. The van der Waals surface area contributed by atoms with Crippen LogP contribution in [0.5, 0.6) is 11.5 Å². The molecule has 5 nitrogen and oxygen atoms in total. The summed E-state index contributed by atoms with van der Waals surface area (Å²) in [6, 6.07) is 12.1. The third-order valence-corrected chi connectivity index (χ3v) is 4.43. The van der Waals surface area contributed by atoms with Crippen LogP contribution in [-0.2, 0) is 6.54 Å². The zero-order chi connectivity index (χ0) is 18.7. The van der Waals surface area contributed by atoms with Crippen molar-refractivity contribution >= 4 is 22.6 Å². The number of nitrogens with zero attached hydrogens (tertiary/aromatic N) is 1. The van der Waals surface area contributed by atoms with Gasteiger partial charge in [0.05, 0.1) is 0 Å². The SMILES string of the molecule is Cc1c(O)ccc2c(CN(C)CCOc3cccc(Cl)c3)cc(=O)oc12. The molecule has 6 heteroatoms. The number of phenols is 1. The lowest BCUT2D eigenvalue weighted by molar-refractivity contribution is 0.233. The fraction of sp³-hybridized carbons (Fsp3) is 0.250. The van der Waals surface area contributed by atoms with E-state index in [-0.39, 0.29) is 5.75 Å². The fourth-order valence-corrected chi connectivity index (χ4v) is 2.97. The van der Waals surface area contributed by atoms with Gasteiger partial charge in [0.25, 0.3) is 0 Å². The highest BCUT2D eigenvalue weighted by atomic mass is 35.5. The van der Waals surface area contributed by atoms with Crippen molar-refractivity contribution < 1.29 is 14.3 Å². The summed E-state index contributed by atoms with van der Waals surface area (Å²) in [5.74, 6) is 0.837. The minimum atomic E-state index is -0.426. The molecule has 2 aromatic carbocycles. The van der Waals surface area contributed by atoms with Gasteiger partial charge in [-0.2, -0.15) is 0 Å². The molecule has 1 heterocycles. The van der Waals surface area contributed by atoms with Crippen molar-refractivity contribution in [2.45, 2.75) is 13.5 Å². The second-order valence-electron chi connectivity index (χ2n) is 6.22. The summed E-state index contributed by atoms with van der Waals surface area (Å²) >= 11 is 5.94. The van der Waals surface area contributed by atoms with Gasteiger partial charge in [0, 0.05) is 35.1 Å². The number of aromatic hydroxyl groups is 1. The van der Waals surface area contributed by atoms with Crippen molar-refractivity contribution in [1.82, 2.24) is 4.90 Å². The smallest absolute Gasteiger partial charge is 0.336 e. The van der Waals surface area contributed by atoms with E-state index in [9.17, 15) is 9.90 Å². The van der Waals surface area contributed by atoms with Gasteiger partial charge in [-0.1, -0.05) is 17.7 Å². The molecule has 1 N–H and O–H groups in total. The number of likely N-dealkylation sites (N-methyl/N-ethyl adjacent to an activating group) is 1. The lowest BCUT2D eigenvalue weighted by Gasteiger charge is -2.18. The zero-order valence-electron chi connectivity index (χ0n) is 14.7. The molecule has 3 rings (SSSR count). The highest BCUT2D eigenvalue weighted by Gasteiger charge is 2.12. The van der Waals surface area contributed by atoms with Crippen molar-refractivity contribution in [3.63, 3.8) is 0 Å². The second-order valence-corrected chi connectivity index (χ2v) is 6.66. The molecule has 0 fully saturated rings. The zero-order valence-corrected chi connectivity index (χ0v) is 15.4. The second kappa shape index (κ2) is 7.81. The maximum absolute atomic E-state index is 11.9. The van der Waals surface area contributed by atoms with Gasteiger partial charge in [-0.15, -0.1) is 0 Å². The molecule has 0 spiro atoms. The molecule has 0 amide bonds. The van der Waals surface area contributed by atoms with E-state index in [4.69, 9.17) is 20.8 Å². The molecule has 0 saturated carbocycles. The molecule has 3 aromatic rings. The van der Waals surface area contributed by atoms with Gasteiger partial charge in [-0.25, -0.2) is 4.79 Å². The summed E-state index contributed by atoms with van der Waals surface area (Å²) in [6.07, 6.45) is 0. The largest absolute Gasteiger partial charge is 0.508 e. The number of phenolic OH excluding ortho intramolecular Hbond substituents is 1. The number of halogens is 1. The summed E-state index contributed by atoms with van der Waals surface area (Å²) in [5.41, 5.74) is 1.42. The Morgan fingerprint density at radius 3 is 2.81 bits per heavy atom. The topological polar surface area (TPSA) is 62.9 Å². The molecule has 26 heavy (non-hydrogen) atoms. The van der Waals surface area contributed by atoms with E-state index < -0.39 is 5.63 Å². The van der Waals surface area contributed by atoms with Crippen LogP contribution in [0.1, 0.15) is 11.1 Å². The highest BCUT2D eigenvalue weighted by Crippen LogP contribution is 2.27. The van der Waals surface area contributed by atoms with Gasteiger partial charge in [-0.3, -0.25) is 4.90 Å². The van der Waals surface area contributed by atoms with E-state index in [0.29, 0.717) is 35.9 Å². The number of hydrogen-bond donors (Lipinski definition) is 1. The molecule has 0 aliphatic rings. The Hall–Kier alpha value is -2.50. The van der Waals surface area contributed by atoms with Crippen molar-refractivity contribution in [2.24, 2.45) is 0 Å². The van der Waals surface area contributed by atoms with Crippen LogP contribution >= 0.6 is 11.6 Å². The molecule has 0 radical (unpaired) electrons. The summed E-state index contributed by atoms with van der Waals surface area (Å²) in [6.45, 7) is 3.46. The van der Waals surface area contributed by atoms with Crippen LogP contribution in [-0.4, -0.2) is 30.2 Å². The fourth-order valence-electron chi connectivity index (χ4n) is 2.79. The predicted octanol–water partition coefficient (Wildman–Crippen LogP) is 3.97. The van der Waals surface area contributed by atoms with Crippen LogP contribution in [0, 0.1) is 6.92 Å². The van der Waals surface area contributed by atoms with Gasteiger partial charge >= 0.3 is 5.63 Å². The molecule has 0 unspecified atom stereocenters. The molecule has 0 bridgehead atoms. The minimum absolute atomic E-state index is 0.112. The molecular formula is C20H20ClNO4. The molecule has 136 valence electrons. The van der Waals surface area contributed by atoms with E-state index in [1.54, 1.807) is 31.2 Å². The Bertz CT molecular complexity index is 983. The Morgan fingerprint density at radius 2 is 2.04 bits per heavy atom. The Morgan fingerprint density at radius 1 is 1.23 bits per heavy atom. The van der Waals surface area contributed by atoms with Crippen LogP contribution in [0.4, 0.5) is 0 Å². The number of ether oxygens (including phenoxy) is 1. The molecule has 1 aromatic heterocycles. The van der Waals surface area contributed by atoms with E-state index in [2.05, 4.69) is 4.90 Å². The molecule has 0 saturated heterocycles. The van der Waals surface area contributed by atoms with Gasteiger partial charge in [0.2, 0.25) is 0 Å². The maximum Gasteiger partial charge on any atom is 0.336 e. The van der Waals surface area contributed by atoms with Crippen LogP contribution in [0.3, 0.4) is 0 Å². The predicted molar refractivity (Wildman–Crippen MR) is 102 cm³/mol. The van der Waals surface area contributed by atoms with E-state index in [1.165, 1.54) is 6.07 Å². The summed E-state index contributed by atoms with van der Waals surface area (Å²) in [7, 11) is 1.95. The van der Waals surface area contributed by atoms with E-state index in [1.807, 2.05) is 19.2 Å². The lowest BCUT2D eigenvalue weighted by atomic mass is 10.1. The van der Waals surface area contributed by atoms with Crippen molar-refractivity contribution in [1.29, 1.82) is 0 Å². The van der Waals surface area contributed by atoms with Crippen molar-refractivity contribution in [3.05, 3.63) is 69.0 Å². The third kappa shape index (κ3) is 4.18. The lowest BCUT2D eigenvalue weighted by Crippen LogP contribution is -2.24. The first-order chi connectivity index (χ1) is 12.4. The van der Waals surface area contributed by atoms with Crippen LogP contribution in [0.25, 0.3) is 11.0 Å². The first kappa shape index (κ1) is 18.3. The number of rotatable bonds is 6. The average Bonchev–Trinajstić information content (AvgIpc) is 2.58. The van der Waals surface area contributed by atoms with Crippen molar-refractivity contribution in [2.75, 3.05) is 20.2 Å². The Kier molecular flexibility index (Phi) is 5.49. The standard InChI is InChI=1S/C20H20ClNO4/c1-13-18(23)7-6-17-14(10-19(24)26-20(13)17)12-22(2)8-9-25-16-5-3-4-15(21)11-16/h3-7,10-11,23H,8-9,12H2,1-2H3. The summed E-state index contributed by atoms with van der Waals surface area (Å²) in [4.78, 5) is 13.9. The Labute approximate surface area is 156 Å². The molecular weight excluding hydrogens is 354 g/mol. The maximum atomic E-state index is 11.9. The van der Waals surface area contributed by atoms with E-state index >= 15 is 0 Å². The third-order valence-electron chi connectivity index (χ3n) is 4.20. The van der Waals surface area contributed by atoms with Gasteiger partial charge in [-0.05, 0) is 49.9 Å². The van der Waals surface area contributed by atoms with E-state index in [0.717, 1.165) is 16.7 Å². The van der Waals surface area contributed by atoms with Crippen molar-refractivity contribution in [3.8, 4) is 11.5 Å². The highest BCUT2D eigenvalue weighted by molar-refractivity contribution is 6.30. The van der Waals surface area contributed by atoms with Gasteiger partial charge in [0.1, 0.15) is 23.7 Å².